The van der Waals surface area contributed by atoms with Crippen LogP contribution >= 0.6 is 0 Å². The molecule has 1 rings (SSSR count). The van der Waals surface area contributed by atoms with E-state index in [9.17, 15) is 13.6 Å². The largest absolute Gasteiger partial charge is 0.395 e. The Morgan fingerprint density at radius 3 is 2.72 bits per heavy atom. The Morgan fingerprint density at radius 2 is 2.11 bits per heavy atom. The molecule has 4 N–H and O–H groups in total. The summed E-state index contributed by atoms with van der Waals surface area (Å²) in [5.41, 5.74) is 5.34. The number of hydrogen-bond donors (Lipinski definition) is 3. The van der Waals surface area contributed by atoms with Gasteiger partial charge in [0.25, 0.3) is 0 Å². The second-order valence-electron chi connectivity index (χ2n) is 4.01. The SMILES string of the molecule is CCCNC(=O)C(C)Nc1cc(F)cc(F)c1N. The van der Waals surface area contributed by atoms with Crippen molar-refractivity contribution in [3.63, 3.8) is 0 Å². The zero-order valence-corrected chi connectivity index (χ0v) is 10.4. The van der Waals surface area contributed by atoms with E-state index in [4.69, 9.17) is 5.73 Å². The quantitative estimate of drug-likeness (QED) is 0.705. The third-order valence-electron chi connectivity index (χ3n) is 2.41. The molecule has 1 aromatic rings. The van der Waals surface area contributed by atoms with Crippen molar-refractivity contribution < 1.29 is 13.6 Å². The molecule has 1 amide bonds. The van der Waals surface area contributed by atoms with Gasteiger partial charge in [-0.15, -0.1) is 0 Å². The average molecular weight is 257 g/mol. The summed E-state index contributed by atoms with van der Waals surface area (Å²) in [6, 6.07) is 1.13. The third-order valence-corrected chi connectivity index (χ3v) is 2.41. The molecule has 100 valence electrons. The first-order valence-electron chi connectivity index (χ1n) is 5.74. The zero-order chi connectivity index (χ0) is 13.7. The summed E-state index contributed by atoms with van der Waals surface area (Å²) >= 11 is 0. The monoisotopic (exact) mass is 257 g/mol. The summed E-state index contributed by atoms with van der Waals surface area (Å²) in [6.45, 7) is 4.07. The molecule has 6 heteroatoms. The van der Waals surface area contributed by atoms with Crippen LogP contribution in [0.3, 0.4) is 0 Å². The van der Waals surface area contributed by atoms with Crippen LogP contribution in [0.2, 0.25) is 0 Å². The number of nitrogens with two attached hydrogens (primary N) is 1. The number of carbonyl (C=O) groups excluding carboxylic acids is 1. The number of rotatable bonds is 5. The highest BCUT2D eigenvalue weighted by atomic mass is 19.1. The molecule has 1 unspecified atom stereocenters. The molecule has 4 nitrogen and oxygen atoms in total. The van der Waals surface area contributed by atoms with Gasteiger partial charge in [-0.3, -0.25) is 4.79 Å². The van der Waals surface area contributed by atoms with Crippen LogP contribution in [0.4, 0.5) is 20.2 Å². The van der Waals surface area contributed by atoms with E-state index in [1.165, 1.54) is 0 Å². The summed E-state index contributed by atoms with van der Waals surface area (Å²) in [4.78, 5) is 11.6. The van der Waals surface area contributed by atoms with Gasteiger partial charge in [0, 0.05) is 12.6 Å². The van der Waals surface area contributed by atoms with Gasteiger partial charge in [-0.1, -0.05) is 6.92 Å². The van der Waals surface area contributed by atoms with Crippen LogP contribution in [0.15, 0.2) is 12.1 Å². The first-order valence-corrected chi connectivity index (χ1v) is 5.74. The van der Waals surface area contributed by atoms with Crippen LogP contribution in [-0.2, 0) is 4.79 Å². The standard InChI is InChI=1S/C12H17F2N3O/c1-3-4-16-12(18)7(2)17-10-6-8(13)5-9(14)11(10)15/h5-7,17H,3-4,15H2,1-2H3,(H,16,18). The molecule has 0 fully saturated rings. The van der Waals surface area contributed by atoms with Gasteiger partial charge < -0.3 is 16.4 Å². The zero-order valence-electron chi connectivity index (χ0n) is 10.4. The summed E-state index contributed by atoms with van der Waals surface area (Å²) in [6.07, 6.45) is 0.815. The highest BCUT2D eigenvalue weighted by molar-refractivity contribution is 5.85. The molecule has 0 spiro atoms. The highest BCUT2D eigenvalue weighted by Crippen LogP contribution is 2.23. The van der Waals surface area contributed by atoms with Gasteiger partial charge in [-0.2, -0.15) is 0 Å². The number of anilines is 2. The fraction of sp³-hybridized carbons (Fsp3) is 0.417. The lowest BCUT2D eigenvalue weighted by atomic mass is 10.2. The Hall–Kier alpha value is -1.85. The van der Waals surface area contributed by atoms with Crippen molar-refractivity contribution in [2.45, 2.75) is 26.3 Å². The van der Waals surface area contributed by atoms with Crippen LogP contribution in [-0.4, -0.2) is 18.5 Å². The number of halogens is 2. The molecule has 0 aromatic heterocycles. The van der Waals surface area contributed by atoms with E-state index >= 15 is 0 Å². The highest BCUT2D eigenvalue weighted by Gasteiger charge is 2.15. The number of nitrogens with one attached hydrogen (secondary N) is 2. The van der Waals surface area contributed by atoms with Crippen molar-refractivity contribution in [1.82, 2.24) is 5.32 Å². The molecular weight excluding hydrogens is 240 g/mol. The fourth-order valence-corrected chi connectivity index (χ4v) is 1.40. The molecule has 0 saturated heterocycles. The number of nitrogen functional groups attached to an aromatic ring is 1. The molecule has 1 atom stereocenters. The molecule has 0 heterocycles. The van der Waals surface area contributed by atoms with Crippen LogP contribution in [0.25, 0.3) is 0 Å². The van der Waals surface area contributed by atoms with Crippen LogP contribution in [0.1, 0.15) is 20.3 Å². The lowest BCUT2D eigenvalue weighted by Crippen LogP contribution is -2.38. The van der Waals surface area contributed by atoms with Gasteiger partial charge in [0.1, 0.15) is 11.9 Å². The van der Waals surface area contributed by atoms with Crippen LogP contribution in [0.5, 0.6) is 0 Å². The van der Waals surface area contributed by atoms with Crippen molar-refractivity contribution in [3.8, 4) is 0 Å². The van der Waals surface area contributed by atoms with E-state index in [0.29, 0.717) is 12.6 Å². The van der Waals surface area contributed by atoms with Crippen LogP contribution < -0.4 is 16.4 Å². The van der Waals surface area contributed by atoms with Gasteiger partial charge in [0.2, 0.25) is 5.91 Å². The molecule has 0 aliphatic heterocycles. The van der Waals surface area contributed by atoms with Gasteiger partial charge >= 0.3 is 0 Å². The minimum Gasteiger partial charge on any atom is -0.395 e. The van der Waals surface area contributed by atoms with E-state index in [1.807, 2.05) is 6.92 Å². The second kappa shape index (κ2) is 6.18. The second-order valence-corrected chi connectivity index (χ2v) is 4.01. The number of amides is 1. The average Bonchev–Trinajstić information content (AvgIpc) is 2.32. The summed E-state index contributed by atoms with van der Waals surface area (Å²) in [5.74, 6) is -1.84. The summed E-state index contributed by atoms with van der Waals surface area (Å²) < 4.78 is 26.2. The number of carbonyl (C=O) groups is 1. The third kappa shape index (κ3) is 3.58. The van der Waals surface area contributed by atoms with E-state index in [-0.39, 0.29) is 17.3 Å². The normalized spacial score (nSPS) is 12.0. The van der Waals surface area contributed by atoms with Crippen LogP contribution in [0, 0.1) is 11.6 Å². The van der Waals surface area contributed by atoms with E-state index < -0.39 is 17.7 Å². The first kappa shape index (κ1) is 14.2. The predicted octanol–water partition coefficient (Wildman–Crippen LogP) is 1.87. The molecule has 0 saturated carbocycles. The number of hydrogen-bond acceptors (Lipinski definition) is 3. The molecule has 0 radical (unpaired) electrons. The van der Waals surface area contributed by atoms with Gasteiger partial charge in [0.15, 0.2) is 5.82 Å². The molecule has 18 heavy (non-hydrogen) atoms. The van der Waals surface area contributed by atoms with Crippen molar-refractivity contribution >= 4 is 17.3 Å². The fourth-order valence-electron chi connectivity index (χ4n) is 1.40. The molecule has 1 aromatic carbocycles. The Kier molecular flexibility index (Phi) is 4.88. The van der Waals surface area contributed by atoms with Gasteiger partial charge in [0.05, 0.1) is 11.4 Å². The lowest BCUT2D eigenvalue weighted by molar-refractivity contribution is -0.121. The minimum atomic E-state index is -0.848. The Labute approximate surface area is 105 Å². The van der Waals surface area contributed by atoms with Crippen molar-refractivity contribution in [3.05, 3.63) is 23.8 Å². The molecule has 0 aliphatic rings. The maximum Gasteiger partial charge on any atom is 0.242 e. The Bertz CT molecular complexity index is 438. The smallest absolute Gasteiger partial charge is 0.242 e. The molecular formula is C12H17F2N3O. The van der Waals surface area contributed by atoms with E-state index in [0.717, 1.165) is 12.5 Å². The Morgan fingerprint density at radius 1 is 1.44 bits per heavy atom. The maximum atomic E-state index is 13.2. The summed E-state index contributed by atoms with van der Waals surface area (Å²) in [5, 5.41) is 5.35. The molecule has 0 bridgehead atoms. The van der Waals surface area contributed by atoms with Gasteiger partial charge in [-0.25, -0.2) is 8.78 Å². The van der Waals surface area contributed by atoms with Crippen molar-refractivity contribution in [2.24, 2.45) is 0 Å². The van der Waals surface area contributed by atoms with Gasteiger partial charge in [-0.05, 0) is 19.4 Å². The van der Waals surface area contributed by atoms with Crippen molar-refractivity contribution in [1.29, 1.82) is 0 Å². The predicted molar refractivity (Wildman–Crippen MR) is 67.2 cm³/mol. The first-order chi connectivity index (χ1) is 8.45. The van der Waals surface area contributed by atoms with E-state index in [2.05, 4.69) is 10.6 Å². The summed E-state index contributed by atoms with van der Waals surface area (Å²) in [7, 11) is 0. The molecule has 0 aliphatic carbocycles. The maximum absolute atomic E-state index is 13.2. The number of benzene rings is 1. The van der Waals surface area contributed by atoms with Crippen molar-refractivity contribution in [2.75, 3.05) is 17.6 Å². The lowest BCUT2D eigenvalue weighted by Gasteiger charge is -2.16. The minimum absolute atomic E-state index is 0.0756. The Balaban J connectivity index is 2.75. The van der Waals surface area contributed by atoms with E-state index in [1.54, 1.807) is 6.92 Å². The topological polar surface area (TPSA) is 67.2 Å².